The van der Waals surface area contributed by atoms with Crippen molar-refractivity contribution in [2.24, 2.45) is 11.1 Å². The van der Waals surface area contributed by atoms with Crippen molar-refractivity contribution < 1.29 is 9.84 Å². The van der Waals surface area contributed by atoms with Crippen LogP contribution in [0.4, 0.5) is 5.82 Å². The molecule has 3 heterocycles. The number of ether oxygens (including phenoxy) is 1. The summed E-state index contributed by atoms with van der Waals surface area (Å²) >= 11 is 6.42. The lowest BCUT2D eigenvalue weighted by Gasteiger charge is -2.42. The van der Waals surface area contributed by atoms with Gasteiger partial charge in [-0.15, -0.1) is 0 Å². The van der Waals surface area contributed by atoms with E-state index in [1.54, 1.807) is 12.3 Å². The number of anilines is 1. The van der Waals surface area contributed by atoms with Gasteiger partial charge in [0.15, 0.2) is 5.82 Å². The Morgan fingerprint density at radius 1 is 1.36 bits per heavy atom. The second-order valence-electron chi connectivity index (χ2n) is 7.70. The normalized spacial score (nSPS) is 17.5. The van der Waals surface area contributed by atoms with Crippen molar-refractivity contribution in [1.82, 2.24) is 15.0 Å². The van der Waals surface area contributed by atoms with Crippen LogP contribution >= 0.6 is 11.6 Å². The second kappa shape index (κ2) is 8.19. The third-order valence-corrected chi connectivity index (χ3v) is 6.25. The first kappa shape index (κ1) is 20.8. The Labute approximate surface area is 170 Å². The SMILES string of the molecule is COc1nccc(-c2nc(CO)c(N3CCC(C)(C(C)N)CC3)nc2C)c1Cl. The minimum atomic E-state index is -0.198. The van der Waals surface area contributed by atoms with Gasteiger partial charge in [0.1, 0.15) is 10.7 Å². The average Bonchev–Trinajstić information content (AvgIpc) is 2.69. The highest BCUT2D eigenvalue weighted by Gasteiger charge is 2.34. The van der Waals surface area contributed by atoms with Crippen molar-refractivity contribution in [3.05, 3.63) is 28.7 Å². The van der Waals surface area contributed by atoms with E-state index in [9.17, 15) is 5.11 Å². The van der Waals surface area contributed by atoms with Crippen molar-refractivity contribution in [1.29, 1.82) is 0 Å². The molecular weight excluding hydrogens is 378 g/mol. The summed E-state index contributed by atoms with van der Waals surface area (Å²) in [6.45, 7) is 7.68. The zero-order chi connectivity index (χ0) is 20.5. The molecule has 3 rings (SSSR count). The summed E-state index contributed by atoms with van der Waals surface area (Å²) in [5, 5.41) is 10.3. The number of aryl methyl sites for hydroxylation is 1. The van der Waals surface area contributed by atoms with E-state index in [4.69, 9.17) is 32.0 Å². The monoisotopic (exact) mass is 405 g/mol. The molecule has 1 fully saturated rings. The Hall–Kier alpha value is -1.96. The topological polar surface area (TPSA) is 97.4 Å². The predicted octanol–water partition coefficient (Wildman–Crippen LogP) is 2.96. The highest BCUT2D eigenvalue weighted by molar-refractivity contribution is 6.34. The number of aliphatic hydroxyl groups is 1. The fourth-order valence-corrected chi connectivity index (χ4v) is 3.87. The van der Waals surface area contributed by atoms with Gasteiger partial charge in [0.25, 0.3) is 0 Å². The van der Waals surface area contributed by atoms with Crippen LogP contribution < -0.4 is 15.4 Å². The third-order valence-electron chi connectivity index (χ3n) is 5.88. The van der Waals surface area contributed by atoms with Crippen LogP contribution in [0.25, 0.3) is 11.3 Å². The first-order valence-corrected chi connectivity index (χ1v) is 9.86. The van der Waals surface area contributed by atoms with Gasteiger partial charge in [-0.25, -0.2) is 15.0 Å². The standard InChI is InChI=1S/C20H28ClN5O2/c1-12-17(14-5-8-23-19(28-4)16(14)21)25-15(11-27)18(24-12)26-9-6-20(3,7-10-26)13(2)22/h5,8,13,27H,6-7,9-11,22H2,1-4H3. The molecule has 3 N–H and O–H groups in total. The number of piperidine rings is 1. The molecule has 28 heavy (non-hydrogen) atoms. The van der Waals surface area contributed by atoms with E-state index < -0.39 is 0 Å². The number of hydrogen-bond acceptors (Lipinski definition) is 7. The molecule has 2 aromatic heterocycles. The van der Waals surface area contributed by atoms with Crippen LogP contribution in [0.2, 0.25) is 5.02 Å². The summed E-state index contributed by atoms with van der Waals surface area (Å²) in [4.78, 5) is 15.8. The number of aromatic nitrogens is 3. The van der Waals surface area contributed by atoms with Crippen LogP contribution in [0.3, 0.4) is 0 Å². The average molecular weight is 406 g/mol. The van der Waals surface area contributed by atoms with Gasteiger partial charge in [-0.2, -0.15) is 0 Å². The van der Waals surface area contributed by atoms with Gasteiger partial charge < -0.3 is 20.5 Å². The van der Waals surface area contributed by atoms with E-state index in [1.165, 1.54) is 7.11 Å². The van der Waals surface area contributed by atoms with E-state index >= 15 is 0 Å². The van der Waals surface area contributed by atoms with Crippen LogP contribution in [0, 0.1) is 12.3 Å². The van der Waals surface area contributed by atoms with E-state index in [0.717, 1.165) is 37.4 Å². The maximum absolute atomic E-state index is 9.95. The molecule has 1 aliphatic heterocycles. The van der Waals surface area contributed by atoms with Crippen molar-refractivity contribution in [3.8, 4) is 17.1 Å². The zero-order valence-electron chi connectivity index (χ0n) is 16.9. The molecule has 0 radical (unpaired) electrons. The molecule has 0 amide bonds. The summed E-state index contributed by atoms with van der Waals surface area (Å²) < 4.78 is 5.20. The number of nitrogens with two attached hydrogens (primary N) is 1. The number of aliphatic hydroxyl groups excluding tert-OH is 1. The highest BCUT2D eigenvalue weighted by atomic mass is 35.5. The maximum atomic E-state index is 9.95. The van der Waals surface area contributed by atoms with Crippen LogP contribution in [0.1, 0.15) is 38.1 Å². The largest absolute Gasteiger partial charge is 0.480 e. The molecule has 0 bridgehead atoms. The number of hydrogen-bond donors (Lipinski definition) is 2. The number of nitrogens with zero attached hydrogens (tertiary/aromatic N) is 4. The lowest BCUT2D eigenvalue weighted by molar-refractivity contribution is 0.204. The first-order valence-electron chi connectivity index (χ1n) is 9.48. The van der Waals surface area contributed by atoms with Crippen LogP contribution in [0.5, 0.6) is 5.88 Å². The molecule has 152 valence electrons. The van der Waals surface area contributed by atoms with Gasteiger partial charge in [0, 0.05) is 30.9 Å². The molecule has 0 aliphatic carbocycles. The Balaban J connectivity index is 1.96. The molecule has 0 spiro atoms. The molecule has 1 atom stereocenters. The Kier molecular flexibility index (Phi) is 6.07. The van der Waals surface area contributed by atoms with Gasteiger partial charge in [0.2, 0.25) is 5.88 Å². The molecular formula is C20H28ClN5O2. The number of halogens is 1. The Morgan fingerprint density at radius 3 is 2.61 bits per heavy atom. The molecule has 0 saturated carbocycles. The smallest absolute Gasteiger partial charge is 0.232 e. The van der Waals surface area contributed by atoms with Gasteiger partial charge >= 0.3 is 0 Å². The molecule has 1 aliphatic rings. The minimum absolute atomic E-state index is 0.124. The lowest BCUT2D eigenvalue weighted by atomic mass is 9.75. The van der Waals surface area contributed by atoms with E-state index in [1.807, 2.05) is 6.92 Å². The zero-order valence-corrected chi connectivity index (χ0v) is 17.6. The van der Waals surface area contributed by atoms with Gasteiger partial charge in [0.05, 0.1) is 25.1 Å². The van der Waals surface area contributed by atoms with Crippen molar-refractivity contribution >= 4 is 17.4 Å². The van der Waals surface area contributed by atoms with Gasteiger partial charge in [-0.3, -0.25) is 0 Å². The van der Waals surface area contributed by atoms with E-state index in [-0.39, 0.29) is 18.1 Å². The van der Waals surface area contributed by atoms with Crippen molar-refractivity contribution in [3.63, 3.8) is 0 Å². The van der Waals surface area contributed by atoms with Crippen molar-refractivity contribution in [2.75, 3.05) is 25.1 Å². The Morgan fingerprint density at radius 2 is 2.04 bits per heavy atom. The quantitative estimate of drug-likeness (QED) is 0.789. The first-order chi connectivity index (χ1) is 13.3. The van der Waals surface area contributed by atoms with E-state index in [2.05, 4.69) is 23.7 Å². The maximum Gasteiger partial charge on any atom is 0.232 e. The van der Waals surface area contributed by atoms with Gasteiger partial charge in [-0.05, 0) is 38.2 Å². The lowest BCUT2D eigenvalue weighted by Crippen LogP contribution is -2.47. The Bertz CT molecular complexity index is 851. The molecule has 1 saturated heterocycles. The summed E-state index contributed by atoms with van der Waals surface area (Å²) in [6.07, 6.45) is 3.57. The molecule has 0 aromatic carbocycles. The number of pyridine rings is 1. The van der Waals surface area contributed by atoms with E-state index in [0.29, 0.717) is 27.9 Å². The van der Waals surface area contributed by atoms with Gasteiger partial charge in [-0.1, -0.05) is 18.5 Å². The van der Waals surface area contributed by atoms with Crippen molar-refractivity contribution in [2.45, 2.75) is 46.3 Å². The fraction of sp³-hybridized carbons (Fsp3) is 0.550. The number of methoxy groups -OCH3 is 1. The van der Waals surface area contributed by atoms with Crippen LogP contribution in [-0.2, 0) is 6.61 Å². The minimum Gasteiger partial charge on any atom is -0.480 e. The summed E-state index contributed by atoms with van der Waals surface area (Å²) in [7, 11) is 1.52. The predicted molar refractivity (Wildman–Crippen MR) is 111 cm³/mol. The molecule has 1 unspecified atom stereocenters. The molecule has 7 nitrogen and oxygen atoms in total. The second-order valence-corrected chi connectivity index (χ2v) is 8.08. The molecule has 2 aromatic rings. The third kappa shape index (κ3) is 3.79. The summed E-state index contributed by atoms with van der Waals surface area (Å²) in [5.41, 5.74) is 8.88. The van der Waals surface area contributed by atoms with Crippen LogP contribution in [-0.4, -0.2) is 46.3 Å². The summed E-state index contributed by atoms with van der Waals surface area (Å²) in [6, 6.07) is 1.92. The fourth-order valence-electron chi connectivity index (χ4n) is 3.59. The molecule has 8 heteroatoms. The summed E-state index contributed by atoms with van der Waals surface area (Å²) in [5.74, 6) is 1.06. The number of rotatable bonds is 5. The van der Waals surface area contributed by atoms with Crippen LogP contribution in [0.15, 0.2) is 12.3 Å². The highest BCUT2D eigenvalue weighted by Crippen LogP contribution is 2.37.